The summed E-state index contributed by atoms with van der Waals surface area (Å²) in [4.78, 5) is 0. The molecule has 0 saturated carbocycles. The molecule has 0 bridgehead atoms. The van der Waals surface area contributed by atoms with Crippen molar-refractivity contribution in [2.45, 2.75) is 0 Å². The van der Waals surface area contributed by atoms with Gasteiger partial charge >= 0.3 is 29.6 Å². The first-order valence-corrected chi connectivity index (χ1v) is 3.37. The summed E-state index contributed by atoms with van der Waals surface area (Å²) in [5.74, 6) is 0. The van der Waals surface area contributed by atoms with E-state index >= 15 is 0 Å². The Labute approximate surface area is 82.3 Å². The SMILES string of the molecule is CSC(=S)NS.[H-].[Na+]. The van der Waals surface area contributed by atoms with Crippen molar-refractivity contribution < 1.29 is 31.0 Å². The van der Waals surface area contributed by atoms with Gasteiger partial charge in [-0.05, 0) is 6.26 Å². The Hall–Kier alpha value is 1.59. The Morgan fingerprint density at radius 3 is 2.43 bits per heavy atom. The maximum absolute atomic E-state index is 4.63. The molecule has 0 atom stereocenters. The van der Waals surface area contributed by atoms with Crippen LogP contribution in [-0.4, -0.2) is 10.6 Å². The van der Waals surface area contributed by atoms with E-state index in [1.807, 2.05) is 6.26 Å². The van der Waals surface area contributed by atoms with Gasteiger partial charge in [0.1, 0.15) is 4.32 Å². The molecule has 7 heavy (non-hydrogen) atoms. The molecule has 1 N–H and O–H groups in total. The van der Waals surface area contributed by atoms with Crippen LogP contribution < -0.4 is 34.3 Å². The van der Waals surface area contributed by atoms with Crippen molar-refractivity contribution in [2.24, 2.45) is 0 Å². The van der Waals surface area contributed by atoms with Gasteiger partial charge in [-0.25, -0.2) is 0 Å². The van der Waals surface area contributed by atoms with Crippen molar-refractivity contribution >= 4 is 41.1 Å². The minimum absolute atomic E-state index is 0. The van der Waals surface area contributed by atoms with Gasteiger partial charge in [-0.1, -0.05) is 36.8 Å². The summed E-state index contributed by atoms with van der Waals surface area (Å²) in [6, 6.07) is 0. The quantitative estimate of drug-likeness (QED) is 0.248. The largest absolute Gasteiger partial charge is 1.00 e. The van der Waals surface area contributed by atoms with E-state index in [9.17, 15) is 0 Å². The summed E-state index contributed by atoms with van der Waals surface area (Å²) < 4.78 is 3.21. The van der Waals surface area contributed by atoms with Crippen molar-refractivity contribution in [1.29, 1.82) is 0 Å². The first kappa shape index (κ1) is 11.4. The molecule has 0 aliphatic carbocycles. The summed E-state index contributed by atoms with van der Waals surface area (Å²) >= 11 is 9.78. The maximum atomic E-state index is 4.63. The third-order valence-corrected chi connectivity index (χ3v) is 1.88. The molecule has 0 amide bonds. The molecule has 0 aliphatic rings. The van der Waals surface area contributed by atoms with Gasteiger partial charge in [-0.15, -0.1) is 0 Å². The normalized spacial score (nSPS) is 6.57. The van der Waals surface area contributed by atoms with Crippen LogP contribution in [0.25, 0.3) is 0 Å². The molecule has 0 saturated heterocycles. The van der Waals surface area contributed by atoms with Gasteiger partial charge in [0.05, 0.1) is 0 Å². The van der Waals surface area contributed by atoms with E-state index in [1.165, 1.54) is 11.8 Å². The summed E-state index contributed by atoms with van der Waals surface area (Å²) in [7, 11) is 0. The molecule has 0 aromatic rings. The average molecular weight is 163 g/mol. The molecule has 0 aromatic carbocycles. The van der Waals surface area contributed by atoms with Crippen molar-refractivity contribution in [3.63, 3.8) is 0 Å². The molecule has 0 fully saturated rings. The second-order valence-electron chi connectivity index (χ2n) is 0.603. The standard InChI is InChI=1S/C2H5NS3.Na.H/c1-6-2(4)3-5;;/h5H,1H3,(H,3,4);;/q;+1;-1. The Morgan fingerprint density at radius 2 is 2.43 bits per heavy atom. The molecule has 0 spiro atoms. The fourth-order valence-electron chi connectivity index (χ4n) is 0.0456. The third-order valence-electron chi connectivity index (χ3n) is 0.277. The van der Waals surface area contributed by atoms with E-state index in [-0.39, 0.29) is 31.0 Å². The summed E-state index contributed by atoms with van der Waals surface area (Å²) in [5.41, 5.74) is 0. The van der Waals surface area contributed by atoms with E-state index in [2.05, 4.69) is 29.8 Å². The molecule has 0 aromatic heterocycles. The number of hydrogen-bond donors (Lipinski definition) is 2. The third kappa shape index (κ3) is 7.59. The monoisotopic (exact) mass is 163 g/mol. The minimum Gasteiger partial charge on any atom is -1.00 e. The van der Waals surface area contributed by atoms with Crippen LogP contribution in [0.1, 0.15) is 1.43 Å². The zero-order chi connectivity index (χ0) is 4.99. The summed E-state index contributed by atoms with van der Waals surface area (Å²) in [6.07, 6.45) is 1.89. The Kier molecular flexibility index (Phi) is 12.4. The molecule has 1 nitrogen and oxygen atoms in total. The van der Waals surface area contributed by atoms with Gasteiger partial charge in [0.2, 0.25) is 0 Å². The predicted octanol–water partition coefficient (Wildman–Crippen LogP) is -1.81. The van der Waals surface area contributed by atoms with E-state index in [4.69, 9.17) is 0 Å². The fourth-order valence-corrected chi connectivity index (χ4v) is 0.411. The van der Waals surface area contributed by atoms with Crippen molar-refractivity contribution in [2.75, 3.05) is 6.26 Å². The number of hydrogen-bond acceptors (Lipinski definition) is 3. The van der Waals surface area contributed by atoms with Crippen molar-refractivity contribution in [1.82, 2.24) is 4.72 Å². The van der Waals surface area contributed by atoms with Gasteiger partial charge in [0, 0.05) is 0 Å². The molecule has 0 unspecified atom stereocenters. The summed E-state index contributed by atoms with van der Waals surface area (Å²) in [5, 5.41) is 0. The zero-order valence-corrected chi connectivity index (χ0v) is 8.79. The van der Waals surface area contributed by atoms with E-state index in [0.29, 0.717) is 4.32 Å². The van der Waals surface area contributed by atoms with Crippen LogP contribution in [0.2, 0.25) is 0 Å². The maximum Gasteiger partial charge on any atom is 1.00 e. The van der Waals surface area contributed by atoms with Crippen molar-refractivity contribution in [3.8, 4) is 0 Å². The number of thioether (sulfide) groups is 1. The number of thiocarbonyl (C=S) groups is 1. The summed E-state index contributed by atoms with van der Waals surface area (Å²) in [6.45, 7) is 0. The van der Waals surface area contributed by atoms with Crippen LogP contribution in [-0.2, 0) is 0 Å². The van der Waals surface area contributed by atoms with E-state index < -0.39 is 0 Å². The number of nitrogens with one attached hydrogen (secondary N) is 1. The van der Waals surface area contributed by atoms with Crippen LogP contribution in [0.3, 0.4) is 0 Å². The smallest absolute Gasteiger partial charge is 1.00 e. The second-order valence-corrected chi connectivity index (χ2v) is 2.31. The van der Waals surface area contributed by atoms with Crippen molar-refractivity contribution in [3.05, 3.63) is 0 Å². The van der Waals surface area contributed by atoms with Crippen LogP contribution in [0.5, 0.6) is 0 Å². The second kappa shape index (κ2) is 7.59. The molecule has 0 aliphatic heterocycles. The molecular formula is C2H6NNaS3. The Bertz CT molecular complexity index is 55.2. The topological polar surface area (TPSA) is 12.0 Å². The number of rotatable bonds is 0. The van der Waals surface area contributed by atoms with Crippen LogP contribution in [0, 0.1) is 0 Å². The molecular weight excluding hydrogens is 157 g/mol. The molecule has 0 heterocycles. The van der Waals surface area contributed by atoms with Crippen LogP contribution >= 0.6 is 36.8 Å². The van der Waals surface area contributed by atoms with E-state index in [1.54, 1.807) is 0 Å². The molecule has 5 heteroatoms. The predicted molar refractivity (Wildman–Crippen MR) is 39.3 cm³/mol. The van der Waals surface area contributed by atoms with E-state index in [0.717, 1.165) is 0 Å². The van der Waals surface area contributed by atoms with Crippen LogP contribution in [0.15, 0.2) is 0 Å². The minimum atomic E-state index is 0. The Morgan fingerprint density at radius 1 is 2.00 bits per heavy atom. The van der Waals surface area contributed by atoms with Gasteiger partial charge in [-0.2, -0.15) is 0 Å². The zero-order valence-electron chi connectivity index (χ0n) is 5.26. The molecule has 0 radical (unpaired) electrons. The first-order valence-electron chi connectivity index (χ1n) is 1.29. The van der Waals surface area contributed by atoms with Crippen LogP contribution in [0.4, 0.5) is 0 Å². The average Bonchev–Trinajstić information content (AvgIpc) is 1.65. The van der Waals surface area contributed by atoms with Gasteiger partial charge in [0.25, 0.3) is 0 Å². The Balaban J connectivity index is -0.000000125. The van der Waals surface area contributed by atoms with Gasteiger partial charge in [-0.3, -0.25) is 0 Å². The first-order chi connectivity index (χ1) is 2.81. The fraction of sp³-hybridized carbons (Fsp3) is 0.500. The molecule has 38 valence electrons. The number of thiol groups is 1. The molecule has 0 rings (SSSR count). The van der Waals surface area contributed by atoms with Gasteiger partial charge < -0.3 is 6.15 Å². The van der Waals surface area contributed by atoms with Gasteiger partial charge in [0.15, 0.2) is 0 Å².